The molecule has 3 rings (SSSR count). The molecule has 0 fully saturated rings. The zero-order chi connectivity index (χ0) is 18.5. The summed E-state index contributed by atoms with van der Waals surface area (Å²) < 4.78 is 6.91. The van der Waals surface area contributed by atoms with Gasteiger partial charge in [0, 0.05) is 6.07 Å². The lowest BCUT2D eigenvalue weighted by molar-refractivity contribution is -0.385. The maximum atomic E-state index is 12.0. The topological polar surface area (TPSA) is 125 Å². The van der Waals surface area contributed by atoms with Crippen molar-refractivity contribution in [3.05, 3.63) is 64.5 Å². The molecule has 0 saturated heterocycles. The quantitative estimate of drug-likeness (QED) is 0.529. The van der Waals surface area contributed by atoms with Crippen molar-refractivity contribution >= 4 is 17.3 Å². The van der Waals surface area contributed by atoms with Crippen LogP contribution >= 0.6 is 0 Å². The highest BCUT2D eigenvalue weighted by Gasteiger charge is 2.15. The number of nitrogens with zero attached hydrogens (tertiary/aromatic N) is 5. The van der Waals surface area contributed by atoms with E-state index in [0.29, 0.717) is 17.0 Å². The molecule has 3 aromatic rings. The first kappa shape index (κ1) is 17.0. The zero-order valence-corrected chi connectivity index (χ0v) is 13.7. The van der Waals surface area contributed by atoms with E-state index in [1.165, 1.54) is 23.1 Å². The largest absolute Gasteiger partial charge is 0.484 e. The Morgan fingerprint density at radius 3 is 2.69 bits per heavy atom. The van der Waals surface area contributed by atoms with Crippen LogP contribution in [-0.2, 0) is 4.79 Å². The highest BCUT2D eigenvalue weighted by atomic mass is 16.6. The molecule has 2 aromatic carbocycles. The van der Waals surface area contributed by atoms with Crippen LogP contribution in [0.1, 0.15) is 5.56 Å². The van der Waals surface area contributed by atoms with Gasteiger partial charge in [-0.3, -0.25) is 14.9 Å². The molecule has 10 nitrogen and oxygen atoms in total. The van der Waals surface area contributed by atoms with E-state index in [1.807, 2.05) is 0 Å². The van der Waals surface area contributed by atoms with Gasteiger partial charge in [0.05, 0.1) is 21.9 Å². The van der Waals surface area contributed by atoms with Crippen LogP contribution in [0.25, 0.3) is 5.69 Å². The second-order valence-electron chi connectivity index (χ2n) is 5.29. The average molecular weight is 354 g/mol. The van der Waals surface area contributed by atoms with Gasteiger partial charge in [-0.25, -0.2) is 4.68 Å². The molecule has 0 aliphatic carbocycles. The third-order valence-electron chi connectivity index (χ3n) is 3.60. The molecule has 0 saturated carbocycles. The van der Waals surface area contributed by atoms with Gasteiger partial charge in [-0.2, -0.15) is 0 Å². The van der Waals surface area contributed by atoms with E-state index < -0.39 is 10.8 Å². The lowest BCUT2D eigenvalue weighted by atomic mass is 10.1. The third kappa shape index (κ3) is 3.80. The number of nitro groups is 1. The van der Waals surface area contributed by atoms with Gasteiger partial charge in [0.1, 0.15) is 12.1 Å². The first-order valence-electron chi connectivity index (χ1n) is 7.54. The molecule has 0 spiro atoms. The van der Waals surface area contributed by atoms with E-state index in [1.54, 1.807) is 37.3 Å². The lowest BCUT2D eigenvalue weighted by Gasteiger charge is -2.10. The van der Waals surface area contributed by atoms with E-state index in [9.17, 15) is 14.9 Å². The Morgan fingerprint density at radius 1 is 1.27 bits per heavy atom. The van der Waals surface area contributed by atoms with Crippen molar-refractivity contribution in [1.29, 1.82) is 0 Å². The molecule has 10 heteroatoms. The van der Waals surface area contributed by atoms with Crippen LogP contribution in [-0.4, -0.2) is 37.6 Å². The molecular formula is C16H14N6O4. The van der Waals surface area contributed by atoms with E-state index in [-0.39, 0.29) is 12.3 Å². The fourth-order valence-electron chi connectivity index (χ4n) is 2.27. The normalized spacial score (nSPS) is 10.3. The summed E-state index contributed by atoms with van der Waals surface area (Å²) in [6, 6.07) is 11.3. The summed E-state index contributed by atoms with van der Waals surface area (Å²) in [4.78, 5) is 22.5. The standard InChI is InChI=1S/C16H14N6O4/c1-11-14(3-2-4-15(11)22(24)25)18-16(23)9-26-13-7-5-12(6-8-13)21-10-17-19-20-21/h2-8,10H,9H2,1H3,(H,18,23). The number of carbonyl (C=O) groups is 1. The Bertz CT molecular complexity index is 924. The van der Waals surface area contributed by atoms with Gasteiger partial charge in [0.25, 0.3) is 11.6 Å². The number of benzene rings is 2. The number of nitro benzene ring substituents is 1. The van der Waals surface area contributed by atoms with Crippen molar-refractivity contribution in [2.45, 2.75) is 6.92 Å². The number of carbonyl (C=O) groups excluding carboxylic acids is 1. The molecule has 0 unspecified atom stereocenters. The van der Waals surface area contributed by atoms with Gasteiger partial charge in [-0.1, -0.05) is 6.07 Å². The van der Waals surface area contributed by atoms with Crippen LogP contribution in [0.2, 0.25) is 0 Å². The van der Waals surface area contributed by atoms with Gasteiger partial charge in [0.15, 0.2) is 6.61 Å². The molecule has 0 aliphatic rings. The number of rotatable bonds is 6. The van der Waals surface area contributed by atoms with Crippen molar-refractivity contribution in [3.63, 3.8) is 0 Å². The van der Waals surface area contributed by atoms with Crippen molar-refractivity contribution in [2.24, 2.45) is 0 Å². The number of hydrogen-bond acceptors (Lipinski definition) is 7. The summed E-state index contributed by atoms with van der Waals surface area (Å²) in [5, 5.41) is 24.4. The number of anilines is 1. The summed E-state index contributed by atoms with van der Waals surface area (Å²) in [6.07, 6.45) is 1.46. The zero-order valence-electron chi connectivity index (χ0n) is 13.7. The first-order chi connectivity index (χ1) is 12.5. The number of tetrazole rings is 1. The second-order valence-corrected chi connectivity index (χ2v) is 5.29. The van der Waals surface area contributed by atoms with Crippen LogP contribution in [0.15, 0.2) is 48.8 Å². The van der Waals surface area contributed by atoms with E-state index in [0.717, 1.165) is 5.69 Å². The van der Waals surface area contributed by atoms with Gasteiger partial charge < -0.3 is 10.1 Å². The highest BCUT2D eigenvalue weighted by molar-refractivity contribution is 5.93. The van der Waals surface area contributed by atoms with Crippen LogP contribution in [0.3, 0.4) is 0 Å². The van der Waals surface area contributed by atoms with Gasteiger partial charge >= 0.3 is 0 Å². The number of amides is 1. The summed E-state index contributed by atoms with van der Waals surface area (Å²) in [5.74, 6) is 0.0749. The Balaban J connectivity index is 1.59. The molecular weight excluding hydrogens is 340 g/mol. The molecule has 1 amide bonds. The maximum absolute atomic E-state index is 12.0. The molecule has 132 valence electrons. The number of ether oxygens (including phenoxy) is 1. The summed E-state index contributed by atoms with van der Waals surface area (Å²) in [7, 11) is 0. The minimum atomic E-state index is -0.492. The minimum Gasteiger partial charge on any atom is -0.484 e. The van der Waals surface area contributed by atoms with Crippen molar-refractivity contribution in [1.82, 2.24) is 20.2 Å². The number of nitrogens with one attached hydrogen (secondary N) is 1. The van der Waals surface area contributed by atoms with Crippen LogP contribution in [0.4, 0.5) is 11.4 Å². The summed E-state index contributed by atoms with van der Waals surface area (Å²) >= 11 is 0. The predicted molar refractivity (Wildman–Crippen MR) is 91.1 cm³/mol. The molecule has 0 atom stereocenters. The van der Waals surface area contributed by atoms with E-state index in [4.69, 9.17) is 4.74 Å². The average Bonchev–Trinajstić information content (AvgIpc) is 3.16. The molecule has 1 N–H and O–H groups in total. The SMILES string of the molecule is Cc1c(NC(=O)COc2ccc(-n3cnnn3)cc2)cccc1[N+](=O)[O-]. The molecule has 1 heterocycles. The Hall–Kier alpha value is -3.82. The molecule has 0 bridgehead atoms. The second kappa shape index (κ2) is 7.38. The Morgan fingerprint density at radius 2 is 2.04 bits per heavy atom. The van der Waals surface area contributed by atoms with Crippen LogP contribution < -0.4 is 10.1 Å². The lowest BCUT2D eigenvalue weighted by Crippen LogP contribution is -2.20. The smallest absolute Gasteiger partial charge is 0.274 e. The summed E-state index contributed by atoms with van der Waals surface area (Å²) in [5.41, 5.74) is 1.46. The van der Waals surface area contributed by atoms with Gasteiger partial charge in [0.2, 0.25) is 0 Å². The number of hydrogen-bond donors (Lipinski definition) is 1. The molecule has 1 aromatic heterocycles. The highest BCUT2D eigenvalue weighted by Crippen LogP contribution is 2.25. The maximum Gasteiger partial charge on any atom is 0.274 e. The predicted octanol–water partition coefficient (Wildman–Crippen LogP) is 1.90. The van der Waals surface area contributed by atoms with Crippen molar-refractivity contribution in [2.75, 3.05) is 11.9 Å². The van der Waals surface area contributed by atoms with Crippen molar-refractivity contribution in [3.8, 4) is 11.4 Å². The molecule has 0 aliphatic heterocycles. The number of aromatic nitrogens is 4. The fraction of sp³-hybridized carbons (Fsp3) is 0.125. The molecule has 0 radical (unpaired) electrons. The van der Waals surface area contributed by atoms with Gasteiger partial charge in [-0.05, 0) is 47.7 Å². The van der Waals surface area contributed by atoms with Crippen molar-refractivity contribution < 1.29 is 14.5 Å². The Labute approximate surface area is 147 Å². The molecule has 26 heavy (non-hydrogen) atoms. The Kier molecular flexibility index (Phi) is 4.83. The van der Waals surface area contributed by atoms with Crippen LogP contribution in [0.5, 0.6) is 5.75 Å². The third-order valence-corrected chi connectivity index (χ3v) is 3.60. The monoisotopic (exact) mass is 354 g/mol. The van der Waals surface area contributed by atoms with Crippen LogP contribution in [0, 0.1) is 17.0 Å². The fourth-order valence-corrected chi connectivity index (χ4v) is 2.27. The first-order valence-corrected chi connectivity index (χ1v) is 7.54. The minimum absolute atomic E-state index is 0.0538. The van der Waals surface area contributed by atoms with E-state index in [2.05, 4.69) is 20.8 Å². The van der Waals surface area contributed by atoms with E-state index >= 15 is 0 Å². The summed E-state index contributed by atoms with van der Waals surface area (Å²) in [6.45, 7) is 1.35. The van der Waals surface area contributed by atoms with Gasteiger partial charge in [-0.15, -0.1) is 5.10 Å².